The van der Waals surface area contributed by atoms with Crippen molar-refractivity contribution >= 4 is 0 Å². The van der Waals surface area contributed by atoms with Gasteiger partial charge in [-0.25, -0.2) is 0 Å². The maximum absolute atomic E-state index is 9.40. The first-order chi connectivity index (χ1) is 6.53. The van der Waals surface area contributed by atoms with Crippen LogP contribution in [-0.2, 0) is 0 Å². The summed E-state index contributed by atoms with van der Waals surface area (Å²) in [6.07, 6.45) is 3.36. The molecule has 2 atom stereocenters. The zero-order valence-corrected chi connectivity index (χ0v) is 9.66. The Morgan fingerprint density at radius 2 is 2.14 bits per heavy atom. The van der Waals surface area contributed by atoms with Crippen LogP contribution in [0.15, 0.2) is 0 Å². The molecular weight excluding hydrogens is 176 g/mol. The predicted octanol–water partition coefficient (Wildman–Crippen LogP) is 0.959. The van der Waals surface area contributed by atoms with Gasteiger partial charge in [-0.2, -0.15) is 0 Å². The Bertz CT molecular complexity index is 182. The molecule has 3 heteroatoms. The molecule has 0 aromatic rings. The van der Waals surface area contributed by atoms with Crippen molar-refractivity contribution in [1.82, 2.24) is 4.90 Å². The number of nitrogens with two attached hydrogens (primary N) is 1. The van der Waals surface area contributed by atoms with Crippen LogP contribution in [0, 0.1) is 0 Å². The molecular formula is C11H24N2O. The number of rotatable bonds is 4. The zero-order chi connectivity index (χ0) is 10.8. The van der Waals surface area contributed by atoms with Gasteiger partial charge in [-0.15, -0.1) is 0 Å². The highest BCUT2D eigenvalue weighted by molar-refractivity contribution is 4.95. The molecule has 1 rings (SSSR count). The van der Waals surface area contributed by atoms with Gasteiger partial charge in [-0.05, 0) is 39.7 Å². The molecule has 3 N–H and O–H groups in total. The van der Waals surface area contributed by atoms with Crippen LogP contribution in [0.2, 0.25) is 0 Å². The molecule has 14 heavy (non-hydrogen) atoms. The van der Waals surface area contributed by atoms with Gasteiger partial charge in [0.25, 0.3) is 0 Å². The topological polar surface area (TPSA) is 49.5 Å². The number of nitrogens with zero attached hydrogens (tertiary/aromatic N) is 1. The summed E-state index contributed by atoms with van der Waals surface area (Å²) in [4.78, 5) is 2.38. The van der Waals surface area contributed by atoms with E-state index in [4.69, 9.17) is 5.73 Å². The minimum atomic E-state index is 0.0948. The van der Waals surface area contributed by atoms with Crippen LogP contribution in [0.5, 0.6) is 0 Å². The van der Waals surface area contributed by atoms with Crippen molar-refractivity contribution in [2.45, 2.75) is 57.7 Å². The van der Waals surface area contributed by atoms with E-state index in [0.29, 0.717) is 0 Å². The Morgan fingerprint density at radius 1 is 1.50 bits per heavy atom. The van der Waals surface area contributed by atoms with Crippen molar-refractivity contribution < 1.29 is 5.11 Å². The first-order valence-corrected chi connectivity index (χ1v) is 5.66. The van der Waals surface area contributed by atoms with E-state index in [0.717, 1.165) is 13.0 Å². The fraction of sp³-hybridized carbons (Fsp3) is 1.00. The van der Waals surface area contributed by atoms with Crippen molar-refractivity contribution in [3.05, 3.63) is 0 Å². The minimum Gasteiger partial charge on any atom is -0.395 e. The summed E-state index contributed by atoms with van der Waals surface area (Å²) in [7, 11) is 0. The second-order valence-electron chi connectivity index (χ2n) is 4.93. The largest absolute Gasteiger partial charge is 0.395 e. The molecule has 0 bridgehead atoms. The molecule has 0 aromatic heterocycles. The van der Waals surface area contributed by atoms with Crippen molar-refractivity contribution in [3.8, 4) is 0 Å². The van der Waals surface area contributed by atoms with Crippen LogP contribution in [-0.4, -0.2) is 40.8 Å². The summed E-state index contributed by atoms with van der Waals surface area (Å²) in [5.41, 5.74) is 6.24. The molecule has 0 saturated carbocycles. The third-order valence-corrected chi connectivity index (χ3v) is 3.52. The minimum absolute atomic E-state index is 0.0948. The smallest absolute Gasteiger partial charge is 0.0602 e. The molecule has 1 heterocycles. The van der Waals surface area contributed by atoms with Crippen LogP contribution in [0.25, 0.3) is 0 Å². The van der Waals surface area contributed by atoms with E-state index in [1.54, 1.807) is 0 Å². The number of likely N-dealkylation sites (tertiary alicyclic amines) is 1. The molecule has 84 valence electrons. The lowest BCUT2D eigenvalue weighted by atomic mass is 9.97. The van der Waals surface area contributed by atoms with E-state index in [2.05, 4.69) is 25.7 Å². The van der Waals surface area contributed by atoms with E-state index in [-0.39, 0.29) is 24.2 Å². The Morgan fingerprint density at radius 3 is 2.50 bits per heavy atom. The van der Waals surface area contributed by atoms with E-state index in [1.165, 1.54) is 12.8 Å². The van der Waals surface area contributed by atoms with Crippen molar-refractivity contribution in [3.63, 3.8) is 0 Å². The van der Waals surface area contributed by atoms with Gasteiger partial charge in [0.15, 0.2) is 0 Å². The predicted molar refractivity (Wildman–Crippen MR) is 59.2 cm³/mol. The molecule has 0 amide bonds. The Labute approximate surface area is 87.3 Å². The number of aliphatic hydroxyl groups is 1. The van der Waals surface area contributed by atoms with Crippen LogP contribution >= 0.6 is 0 Å². The maximum atomic E-state index is 9.40. The number of hydrogen-bond donors (Lipinski definition) is 2. The molecule has 2 unspecified atom stereocenters. The van der Waals surface area contributed by atoms with Gasteiger partial charge in [0.05, 0.1) is 6.61 Å². The molecule has 0 aromatic carbocycles. The molecule has 0 radical (unpaired) electrons. The lowest BCUT2D eigenvalue weighted by Crippen LogP contribution is -2.55. The molecule has 3 nitrogen and oxygen atoms in total. The highest BCUT2D eigenvalue weighted by Gasteiger charge is 2.38. The van der Waals surface area contributed by atoms with Crippen molar-refractivity contribution in [2.24, 2.45) is 5.73 Å². The maximum Gasteiger partial charge on any atom is 0.0602 e. The Kier molecular flexibility index (Phi) is 3.93. The summed E-state index contributed by atoms with van der Waals surface area (Å²) in [5.74, 6) is 0. The fourth-order valence-electron chi connectivity index (χ4n) is 2.48. The lowest BCUT2D eigenvalue weighted by Gasteiger charge is -2.40. The van der Waals surface area contributed by atoms with Gasteiger partial charge in [0, 0.05) is 17.6 Å². The SMILES string of the molecule is CCC(N)C(CO)N1CCCC1(C)C. The van der Waals surface area contributed by atoms with Gasteiger partial charge in [-0.3, -0.25) is 4.90 Å². The summed E-state index contributed by atoms with van der Waals surface area (Å²) >= 11 is 0. The van der Waals surface area contributed by atoms with Crippen LogP contribution in [0.1, 0.15) is 40.0 Å². The van der Waals surface area contributed by atoms with Gasteiger partial charge in [-0.1, -0.05) is 6.92 Å². The summed E-state index contributed by atoms with van der Waals surface area (Å²) < 4.78 is 0. The monoisotopic (exact) mass is 200 g/mol. The highest BCUT2D eigenvalue weighted by atomic mass is 16.3. The Balaban J connectivity index is 2.69. The standard InChI is InChI=1S/C11H24N2O/c1-4-9(12)10(8-14)13-7-5-6-11(13,2)3/h9-10,14H,4-8,12H2,1-3H3. The molecule has 1 aliphatic rings. The zero-order valence-electron chi connectivity index (χ0n) is 9.66. The van der Waals surface area contributed by atoms with E-state index < -0.39 is 0 Å². The normalized spacial score (nSPS) is 26.4. The van der Waals surface area contributed by atoms with Crippen LogP contribution in [0.4, 0.5) is 0 Å². The fourth-order valence-corrected chi connectivity index (χ4v) is 2.48. The quantitative estimate of drug-likeness (QED) is 0.710. The van der Waals surface area contributed by atoms with Crippen LogP contribution in [0.3, 0.4) is 0 Å². The van der Waals surface area contributed by atoms with Crippen molar-refractivity contribution in [2.75, 3.05) is 13.2 Å². The summed E-state index contributed by atoms with van der Waals surface area (Å²) in [5, 5.41) is 9.40. The Hall–Kier alpha value is -0.120. The lowest BCUT2D eigenvalue weighted by molar-refractivity contribution is 0.0549. The second kappa shape index (κ2) is 4.60. The molecule has 0 aliphatic carbocycles. The first kappa shape index (κ1) is 12.0. The second-order valence-corrected chi connectivity index (χ2v) is 4.93. The average Bonchev–Trinajstić information content (AvgIpc) is 2.47. The van der Waals surface area contributed by atoms with E-state index in [1.807, 2.05) is 0 Å². The number of aliphatic hydroxyl groups excluding tert-OH is 1. The average molecular weight is 200 g/mol. The molecule has 1 fully saturated rings. The van der Waals surface area contributed by atoms with E-state index >= 15 is 0 Å². The van der Waals surface area contributed by atoms with Gasteiger partial charge < -0.3 is 10.8 Å². The van der Waals surface area contributed by atoms with Gasteiger partial charge >= 0.3 is 0 Å². The van der Waals surface area contributed by atoms with E-state index in [9.17, 15) is 5.11 Å². The van der Waals surface area contributed by atoms with Crippen molar-refractivity contribution in [1.29, 1.82) is 0 Å². The third-order valence-electron chi connectivity index (χ3n) is 3.52. The third kappa shape index (κ3) is 2.27. The highest BCUT2D eigenvalue weighted by Crippen LogP contribution is 2.31. The number of hydrogen-bond acceptors (Lipinski definition) is 3. The summed E-state index contributed by atoms with van der Waals surface area (Å²) in [6, 6.07) is 0.231. The van der Waals surface area contributed by atoms with Gasteiger partial charge in [0.2, 0.25) is 0 Å². The first-order valence-electron chi connectivity index (χ1n) is 5.66. The van der Waals surface area contributed by atoms with Crippen LogP contribution < -0.4 is 5.73 Å². The molecule has 1 aliphatic heterocycles. The molecule has 0 spiro atoms. The summed E-state index contributed by atoms with van der Waals surface area (Å²) in [6.45, 7) is 7.82. The molecule has 1 saturated heterocycles. The van der Waals surface area contributed by atoms with Gasteiger partial charge in [0.1, 0.15) is 0 Å².